The Morgan fingerprint density at radius 3 is 2.65 bits per heavy atom. The van der Waals surface area contributed by atoms with Crippen LogP contribution in [0.25, 0.3) is 0 Å². The van der Waals surface area contributed by atoms with E-state index >= 15 is 0 Å². The highest BCUT2D eigenvalue weighted by molar-refractivity contribution is 9.10. The number of fused-ring (bicyclic) bond motifs is 1. The number of hydrogen-bond acceptors (Lipinski definition) is 2. The standard InChI is InChI=1S/C17H18BrNO/c1-11-10-12(18)8-9-14(11)19-16-13-6-4-5-7-15(13)20-17(16,2)3/h4-10,16,19H,1-3H3. The first kappa shape index (κ1) is 13.5. The third-order valence-electron chi connectivity index (χ3n) is 3.79. The molecule has 1 aliphatic heterocycles. The van der Waals surface area contributed by atoms with Crippen LogP contribution in [0.2, 0.25) is 0 Å². The van der Waals surface area contributed by atoms with Crippen molar-refractivity contribution in [3.8, 4) is 5.75 Å². The van der Waals surface area contributed by atoms with E-state index in [1.54, 1.807) is 0 Å². The molecule has 1 atom stereocenters. The summed E-state index contributed by atoms with van der Waals surface area (Å²) in [6.07, 6.45) is 0. The zero-order valence-electron chi connectivity index (χ0n) is 11.9. The van der Waals surface area contributed by atoms with E-state index in [0.717, 1.165) is 15.9 Å². The molecule has 1 unspecified atom stereocenters. The van der Waals surface area contributed by atoms with Crippen molar-refractivity contribution in [3.05, 3.63) is 58.1 Å². The second kappa shape index (κ2) is 4.81. The van der Waals surface area contributed by atoms with Crippen LogP contribution in [0.15, 0.2) is 46.9 Å². The number of hydrogen-bond donors (Lipinski definition) is 1. The van der Waals surface area contributed by atoms with Gasteiger partial charge in [0.25, 0.3) is 0 Å². The molecule has 0 aliphatic carbocycles. The van der Waals surface area contributed by atoms with Gasteiger partial charge < -0.3 is 10.1 Å². The predicted molar refractivity (Wildman–Crippen MR) is 86.4 cm³/mol. The number of halogens is 1. The van der Waals surface area contributed by atoms with Gasteiger partial charge in [-0.05, 0) is 50.6 Å². The van der Waals surface area contributed by atoms with Crippen molar-refractivity contribution in [3.63, 3.8) is 0 Å². The fourth-order valence-electron chi connectivity index (χ4n) is 2.72. The lowest BCUT2D eigenvalue weighted by Gasteiger charge is -2.28. The van der Waals surface area contributed by atoms with Crippen LogP contribution in [0.1, 0.15) is 31.0 Å². The lowest BCUT2D eigenvalue weighted by molar-refractivity contribution is 0.118. The van der Waals surface area contributed by atoms with Gasteiger partial charge in [0.2, 0.25) is 0 Å². The van der Waals surface area contributed by atoms with Crippen molar-refractivity contribution in [2.45, 2.75) is 32.4 Å². The number of aryl methyl sites for hydroxylation is 1. The van der Waals surface area contributed by atoms with Gasteiger partial charge in [-0.25, -0.2) is 0 Å². The zero-order valence-corrected chi connectivity index (χ0v) is 13.5. The van der Waals surface area contributed by atoms with E-state index in [4.69, 9.17) is 4.74 Å². The highest BCUT2D eigenvalue weighted by Crippen LogP contribution is 2.44. The first-order chi connectivity index (χ1) is 9.47. The number of rotatable bonds is 2. The Bertz CT molecular complexity index is 651. The normalized spacial score (nSPS) is 19.3. The van der Waals surface area contributed by atoms with Crippen LogP contribution in [-0.2, 0) is 0 Å². The quantitative estimate of drug-likeness (QED) is 0.828. The van der Waals surface area contributed by atoms with Gasteiger partial charge in [-0.3, -0.25) is 0 Å². The van der Waals surface area contributed by atoms with Crippen molar-refractivity contribution in [2.75, 3.05) is 5.32 Å². The van der Waals surface area contributed by atoms with Gasteiger partial charge in [0.15, 0.2) is 0 Å². The molecule has 3 rings (SSSR count). The van der Waals surface area contributed by atoms with Crippen LogP contribution in [-0.4, -0.2) is 5.60 Å². The summed E-state index contributed by atoms with van der Waals surface area (Å²) in [6.45, 7) is 6.36. The molecule has 0 aromatic heterocycles. The molecule has 1 N–H and O–H groups in total. The number of para-hydroxylation sites is 1. The molecule has 0 spiro atoms. The molecule has 0 bridgehead atoms. The molecule has 104 valence electrons. The maximum absolute atomic E-state index is 6.07. The minimum atomic E-state index is -0.261. The van der Waals surface area contributed by atoms with Crippen LogP contribution in [0.5, 0.6) is 5.75 Å². The Labute approximate surface area is 128 Å². The molecule has 20 heavy (non-hydrogen) atoms. The number of anilines is 1. The van der Waals surface area contributed by atoms with E-state index in [1.807, 2.05) is 12.1 Å². The molecule has 2 aromatic rings. The molecule has 1 heterocycles. The van der Waals surface area contributed by atoms with Crippen LogP contribution in [0.4, 0.5) is 5.69 Å². The van der Waals surface area contributed by atoms with Gasteiger partial charge in [-0.1, -0.05) is 34.1 Å². The van der Waals surface area contributed by atoms with Crippen molar-refractivity contribution < 1.29 is 4.74 Å². The fraction of sp³-hybridized carbons (Fsp3) is 0.294. The number of nitrogens with one attached hydrogen (secondary N) is 1. The van der Waals surface area contributed by atoms with Gasteiger partial charge >= 0.3 is 0 Å². The molecule has 0 fully saturated rings. The summed E-state index contributed by atoms with van der Waals surface area (Å²) in [5.41, 5.74) is 3.33. The average Bonchev–Trinajstić information content (AvgIpc) is 2.63. The second-order valence-corrected chi connectivity index (χ2v) is 6.70. The van der Waals surface area contributed by atoms with Crippen LogP contribution >= 0.6 is 15.9 Å². The third kappa shape index (κ3) is 2.31. The minimum Gasteiger partial charge on any atom is -0.485 e. The molecule has 0 saturated heterocycles. The fourth-order valence-corrected chi connectivity index (χ4v) is 3.20. The molecular weight excluding hydrogens is 314 g/mol. The average molecular weight is 332 g/mol. The van der Waals surface area contributed by atoms with Crippen LogP contribution in [0, 0.1) is 6.92 Å². The largest absolute Gasteiger partial charge is 0.485 e. The third-order valence-corrected chi connectivity index (χ3v) is 4.28. The smallest absolute Gasteiger partial charge is 0.128 e. The summed E-state index contributed by atoms with van der Waals surface area (Å²) < 4.78 is 7.17. The molecule has 0 saturated carbocycles. The first-order valence-electron chi connectivity index (χ1n) is 6.78. The molecule has 2 aromatic carbocycles. The highest BCUT2D eigenvalue weighted by Gasteiger charge is 2.41. The molecule has 3 heteroatoms. The molecular formula is C17H18BrNO. The Hall–Kier alpha value is -1.48. The zero-order chi connectivity index (χ0) is 14.3. The van der Waals surface area contributed by atoms with Gasteiger partial charge in [-0.15, -0.1) is 0 Å². The van der Waals surface area contributed by atoms with Crippen LogP contribution in [0.3, 0.4) is 0 Å². The lowest BCUT2D eigenvalue weighted by atomic mass is 9.94. The summed E-state index contributed by atoms with van der Waals surface area (Å²) in [5, 5.41) is 3.64. The summed E-state index contributed by atoms with van der Waals surface area (Å²) in [6, 6.07) is 14.7. The van der Waals surface area contributed by atoms with E-state index < -0.39 is 0 Å². The second-order valence-electron chi connectivity index (χ2n) is 5.78. The van der Waals surface area contributed by atoms with Gasteiger partial charge in [0.05, 0.1) is 6.04 Å². The summed E-state index contributed by atoms with van der Waals surface area (Å²) in [5.74, 6) is 0.977. The van der Waals surface area contributed by atoms with E-state index in [1.165, 1.54) is 11.1 Å². The highest BCUT2D eigenvalue weighted by atomic mass is 79.9. The molecule has 1 aliphatic rings. The van der Waals surface area contributed by atoms with Crippen LogP contribution < -0.4 is 10.1 Å². The SMILES string of the molecule is Cc1cc(Br)ccc1NC1c2ccccc2OC1(C)C. The topological polar surface area (TPSA) is 21.3 Å². The Balaban J connectivity index is 1.97. The maximum Gasteiger partial charge on any atom is 0.128 e. The molecule has 0 amide bonds. The summed E-state index contributed by atoms with van der Waals surface area (Å²) in [4.78, 5) is 0. The van der Waals surface area contributed by atoms with E-state index in [0.29, 0.717) is 0 Å². The number of ether oxygens (including phenoxy) is 1. The summed E-state index contributed by atoms with van der Waals surface area (Å²) >= 11 is 3.50. The lowest BCUT2D eigenvalue weighted by Crippen LogP contribution is -2.34. The molecule has 0 radical (unpaired) electrons. The monoisotopic (exact) mass is 331 g/mol. The Kier molecular flexibility index (Phi) is 3.25. The van der Waals surface area contributed by atoms with Crippen molar-refractivity contribution in [1.82, 2.24) is 0 Å². The van der Waals surface area contributed by atoms with E-state index in [-0.39, 0.29) is 11.6 Å². The number of benzene rings is 2. The van der Waals surface area contributed by atoms with E-state index in [2.05, 4.69) is 72.3 Å². The summed E-state index contributed by atoms with van der Waals surface area (Å²) in [7, 11) is 0. The van der Waals surface area contributed by atoms with Crippen molar-refractivity contribution in [2.24, 2.45) is 0 Å². The minimum absolute atomic E-state index is 0.151. The van der Waals surface area contributed by atoms with E-state index in [9.17, 15) is 0 Å². The first-order valence-corrected chi connectivity index (χ1v) is 7.57. The van der Waals surface area contributed by atoms with Gasteiger partial charge in [0, 0.05) is 15.7 Å². The Morgan fingerprint density at radius 2 is 1.90 bits per heavy atom. The van der Waals surface area contributed by atoms with Crippen molar-refractivity contribution >= 4 is 21.6 Å². The molecule has 2 nitrogen and oxygen atoms in total. The van der Waals surface area contributed by atoms with Crippen molar-refractivity contribution in [1.29, 1.82) is 0 Å². The van der Waals surface area contributed by atoms with Gasteiger partial charge in [0.1, 0.15) is 11.4 Å². The Morgan fingerprint density at radius 1 is 1.15 bits per heavy atom. The maximum atomic E-state index is 6.07. The predicted octanol–water partition coefficient (Wildman–Crippen LogP) is 5.08. The van der Waals surface area contributed by atoms with Gasteiger partial charge in [-0.2, -0.15) is 0 Å².